The number of aliphatic imine (C=N–C) groups is 1. The maximum Gasteiger partial charge on any atom is 0.191 e. The highest BCUT2D eigenvalue weighted by molar-refractivity contribution is 5.79. The van der Waals surface area contributed by atoms with Crippen LogP contribution in [0.15, 0.2) is 4.99 Å². The van der Waals surface area contributed by atoms with E-state index >= 15 is 0 Å². The molecule has 0 aromatic carbocycles. The van der Waals surface area contributed by atoms with Crippen molar-refractivity contribution in [3.8, 4) is 0 Å². The number of aromatic nitrogens is 2. The molecule has 142 valence electrons. The van der Waals surface area contributed by atoms with Crippen LogP contribution in [0.25, 0.3) is 0 Å². The van der Waals surface area contributed by atoms with Gasteiger partial charge in [0, 0.05) is 71.2 Å². The summed E-state index contributed by atoms with van der Waals surface area (Å²) in [6.45, 7) is 14.0. The molecule has 1 aliphatic heterocycles. The number of rotatable bonds is 6. The van der Waals surface area contributed by atoms with Gasteiger partial charge in [-0.15, -0.1) is 0 Å². The largest absolute Gasteiger partial charge is 0.356 e. The van der Waals surface area contributed by atoms with E-state index in [1.807, 2.05) is 18.8 Å². The van der Waals surface area contributed by atoms with Gasteiger partial charge in [-0.05, 0) is 26.8 Å². The predicted octanol–water partition coefficient (Wildman–Crippen LogP) is 0.585. The minimum absolute atomic E-state index is 0.587. The molecular weight excluding hydrogens is 314 g/mol. The molecule has 0 spiro atoms. The molecule has 2 rings (SSSR count). The van der Waals surface area contributed by atoms with E-state index in [1.54, 1.807) is 0 Å². The van der Waals surface area contributed by atoms with Crippen molar-refractivity contribution in [2.45, 2.75) is 27.3 Å². The fourth-order valence-electron chi connectivity index (χ4n) is 3.27. The van der Waals surface area contributed by atoms with Crippen molar-refractivity contribution in [1.82, 2.24) is 30.2 Å². The molecule has 7 heteroatoms. The molecule has 7 nitrogen and oxygen atoms in total. The minimum atomic E-state index is 0.587. The molecule has 0 bridgehead atoms. The first-order valence-electron chi connectivity index (χ1n) is 9.25. The van der Waals surface area contributed by atoms with E-state index in [2.05, 4.69) is 58.3 Å². The maximum absolute atomic E-state index is 4.47. The number of hydrogen-bond donors (Lipinski definition) is 2. The lowest BCUT2D eigenvalue weighted by atomic mass is 10.1. The smallest absolute Gasteiger partial charge is 0.191 e. The molecule has 0 aliphatic carbocycles. The Kier molecular flexibility index (Phi) is 7.25. The van der Waals surface area contributed by atoms with Crippen molar-refractivity contribution in [3.05, 3.63) is 17.0 Å². The Hall–Kier alpha value is -1.60. The molecule has 1 atom stereocenters. The fourth-order valence-corrected chi connectivity index (χ4v) is 3.27. The van der Waals surface area contributed by atoms with Crippen LogP contribution in [-0.2, 0) is 13.6 Å². The van der Waals surface area contributed by atoms with Gasteiger partial charge in [0.15, 0.2) is 5.96 Å². The first kappa shape index (κ1) is 19.7. The number of aryl methyl sites for hydroxylation is 2. The third kappa shape index (κ3) is 5.71. The van der Waals surface area contributed by atoms with Crippen molar-refractivity contribution in [2.24, 2.45) is 18.0 Å². The monoisotopic (exact) mass is 349 g/mol. The summed E-state index contributed by atoms with van der Waals surface area (Å²) in [7, 11) is 6.01. The second-order valence-electron chi connectivity index (χ2n) is 7.29. The standard InChI is InChI=1S/C18H35N7/c1-14(13-25-9-7-23(5)8-10-25)11-20-18(19-4)21-12-17-15(2)22-24(6)16(17)3/h14H,7-13H2,1-6H3,(H2,19,20,21). The van der Waals surface area contributed by atoms with E-state index in [4.69, 9.17) is 0 Å². The highest BCUT2D eigenvalue weighted by Gasteiger charge is 2.16. The lowest BCUT2D eigenvalue weighted by Gasteiger charge is -2.34. The van der Waals surface area contributed by atoms with E-state index < -0.39 is 0 Å². The number of piperazine rings is 1. The average molecular weight is 350 g/mol. The van der Waals surface area contributed by atoms with Crippen LogP contribution in [0.5, 0.6) is 0 Å². The topological polar surface area (TPSA) is 60.7 Å². The quantitative estimate of drug-likeness (QED) is 0.581. The van der Waals surface area contributed by atoms with Gasteiger partial charge in [0.2, 0.25) is 0 Å². The van der Waals surface area contributed by atoms with Crippen LogP contribution >= 0.6 is 0 Å². The van der Waals surface area contributed by atoms with Crippen LogP contribution in [0.3, 0.4) is 0 Å². The van der Waals surface area contributed by atoms with Gasteiger partial charge in [0.1, 0.15) is 0 Å². The second-order valence-corrected chi connectivity index (χ2v) is 7.29. The molecule has 0 radical (unpaired) electrons. The van der Waals surface area contributed by atoms with Gasteiger partial charge < -0.3 is 20.4 Å². The summed E-state index contributed by atoms with van der Waals surface area (Å²) in [5.74, 6) is 1.44. The lowest BCUT2D eigenvalue weighted by Crippen LogP contribution is -2.47. The van der Waals surface area contributed by atoms with Crippen LogP contribution in [0.2, 0.25) is 0 Å². The Morgan fingerprint density at radius 2 is 1.84 bits per heavy atom. The first-order chi connectivity index (χ1) is 11.9. The number of nitrogens with zero attached hydrogens (tertiary/aromatic N) is 5. The van der Waals surface area contributed by atoms with Crippen molar-refractivity contribution in [1.29, 1.82) is 0 Å². The summed E-state index contributed by atoms with van der Waals surface area (Å²) in [5.41, 5.74) is 3.52. The molecule has 1 aliphatic rings. The number of likely N-dealkylation sites (N-methyl/N-ethyl adjacent to an activating group) is 1. The zero-order valence-corrected chi connectivity index (χ0v) is 16.8. The molecule has 1 unspecified atom stereocenters. The Morgan fingerprint density at radius 3 is 2.40 bits per heavy atom. The van der Waals surface area contributed by atoms with E-state index in [0.29, 0.717) is 5.92 Å². The van der Waals surface area contributed by atoms with Gasteiger partial charge in [-0.1, -0.05) is 6.92 Å². The van der Waals surface area contributed by atoms with Gasteiger partial charge >= 0.3 is 0 Å². The molecule has 2 heterocycles. The van der Waals surface area contributed by atoms with Crippen LogP contribution in [-0.4, -0.2) is 78.9 Å². The van der Waals surface area contributed by atoms with Crippen molar-refractivity contribution >= 4 is 5.96 Å². The van der Waals surface area contributed by atoms with Crippen LogP contribution in [0.4, 0.5) is 0 Å². The molecule has 0 saturated carbocycles. The van der Waals surface area contributed by atoms with Gasteiger partial charge in [0.25, 0.3) is 0 Å². The Morgan fingerprint density at radius 1 is 1.16 bits per heavy atom. The van der Waals surface area contributed by atoms with Gasteiger partial charge in [-0.2, -0.15) is 5.10 Å². The summed E-state index contributed by atoms with van der Waals surface area (Å²) >= 11 is 0. The predicted molar refractivity (Wildman–Crippen MR) is 104 cm³/mol. The van der Waals surface area contributed by atoms with Crippen molar-refractivity contribution in [3.63, 3.8) is 0 Å². The average Bonchev–Trinajstić information content (AvgIpc) is 2.82. The van der Waals surface area contributed by atoms with Gasteiger partial charge in [-0.3, -0.25) is 9.67 Å². The Labute approximate surface area is 152 Å². The number of nitrogens with one attached hydrogen (secondary N) is 2. The first-order valence-corrected chi connectivity index (χ1v) is 9.25. The molecule has 0 amide bonds. The van der Waals surface area contributed by atoms with E-state index in [0.717, 1.165) is 31.3 Å². The lowest BCUT2D eigenvalue weighted by molar-refractivity contribution is 0.139. The zero-order chi connectivity index (χ0) is 18.4. The van der Waals surface area contributed by atoms with Crippen LogP contribution < -0.4 is 10.6 Å². The minimum Gasteiger partial charge on any atom is -0.356 e. The van der Waals surface area contributed by atoms with Crippen LogP contribution in [0.1, 0.15) is 23.9 Å². The number of guanidine groups is 1. The zero-order valence-electron chi connectivity index (χ0n) is 16.8. The van der Waals surface area contributed by atoms with Crippen molar-refractivity contribution < 1.29 is 0 Å². The SMILES string of the molecule is CN=C(NCc1c(C)nn(C)c1C)NCC(C)CN1CCN(C)CC1. The van der Waals surface area contributed by atoms with E-state index in [9.17, 15) is 0 Å². The Balaban J connectivity index is 1.74. The molecule has 1 saturated heterocycles. The van der Waals surface area contributed by atoms with Gasteiger partial charge in [0.05, 0.1) is 5.69 Å². The third-order valence-electron chi connectivity index (χ3n) is 5.10. The number of hydrogen-bond acceptors (Lipinski definition) is 4. The molecule has 25 heavy (non-hydrogen) atoms. The summed E-state index contributed by atoms with van der Waals surface area (Å²) in [5, 5.41) is 11.3. The second kappa shape index (κ2) is 9.20. The molecule has 1 aromatic heterocycles. The molecule has 1 fully saturated rings. The summed E-state index contributed by atoms with van der Waals surface area (Å²) in [4.78, 5) is 9.30. The fraction of sp³-hybridized carbons (Fsp3) is 0.778. The highest BCUT2D eigenvalue weighted by atomic mass is 15.3. The highest BCUT2D eigenvalue weighted by Crippen LogP contribution is 2.11. The molecule has 2 N–H and O–H groups in total. The van der Waals surface area contributed by atoms with Crippen LogP contribution in [0, 0.1) is 19.8 Å². The molecule has 1 aromatic rings. The van der Waals surface area contributed by atoms with Gasteiger partial charge in [-0.25, -0.2) is 0 Å². The maximum atomic E-state index is 4.47. The Bertz CT molecular complexity index is 570. The van der Waals surface area contributed by atoms with Crippen molar-refractivity contribution in [2.75, 3.05) is 53.4 Å². The summed E-state index contributed by atoms with van der Waals surface area (Å²) in [6.07, 6.45) is 0. The normalized spacial score (nSPS) is 18.4. The molecular formula is C18H35N7. The summed E-state index contributed by atoms with van der Waals surface area (Å²) < 4.78 is 1.93. The van der Waals surface area contributed by atoms with E-state index in [-0.39, 0.29) is 0 Å². The van der Waals surface area contributed by atoms with E-state index in [1.165, 1.54) is 37.4 Å². The summed E-state index contributed by atoms with van der Waals surface area (Å²) in [6, 6.07) is 0. The third-order valence-corrected chi connectivity index (χ3v) is 5.10.